The van der Waals surface area contributed by atoms with Crippen LogP contribution in [0.1, 0.15) is 36.1 Å². The monoisotopic (exact) mass is 412 g/mol. The number of nitrogens with one attached hydrogen (secondary N) is 2. The lowest BCUT2D eigenvalue weighted by atomic mass is 10.1. The summed E-state index contributed by atoms with van der Waals surface area (Å²) in [7, 11) is 0. The van der Waals surface area contributed by atoms with Gasteiger partial charge in [0.15, 0.2) is 5.11 Å². The standard InChI is InChI=1S/C22H24N2O4S/c1-15(25)28-20-9-5-3-7-17(20)14-21(26)27-13-12-23-22(29)24-19-11-10-16-6-2-4-8-18(16)19/h2-9,19H,10-14H2,1H3,(H2,23,24,29)/t19-/m0/s1. The molecule has 0 heterocycles. The van der Waals surface area contributed by atoms with Crippen molar-refractivity contribution < 1.29 is 19.1 Å². The van der Waals surface area contributed by atoms with E-state index in [9.17, 15) is 9.59 Å². The summed E-state index contributed by atoms with van der Waals surface area (Å²) in [5, 5.41) is 6.94. The molecule has 1 aliphatic carbocycles. The molecule has 3 rings (SSSR count). The molecule has 0 amide bonds. The Bertz CT molecular complexity index is 900. The maximum atomic E-state index is 12.1. The van der Waals surface area contributed by atoms with E-state index in [4.69, 9.17) is 21.7 Å². The van der Waals surface area contributed by atoms with Crippen LogP contribution in [-0.2, 0) is 27.2 Å². The number of thiocarbonyl (C=S) groups is 1. The zero-order valence-electron chi connectivity index (χ0n) is 16.3. The van der Waals surface area contributed by atoms with Crippen LogP contribution in [0.5, 0.6) is 5.75 Å². The molecule has 0 bridgehead atoms. The topological polar surface area (TPSA) is 76.7 Å². The molecule has 0 fully saturated rings. The Morgan fingerprint density at radius 2 is 1.90 bits per heavy atom. The minimum absolute atomic E-state index is 0.0327. The van der Waals surface area contributed by atoms with Crippen molar-refractivity contribution in [3.05, 3.63) is 65.2 Å². The van der Waals surface area contributed by atoms with Gasteiger partial charge in [-0.3, -0.25) is 9.59 Å². The van der Waals surface area contributed by atoms with Crippen LogP contribution in [0.3, 0.4) is 0 Å². The number of para-hydroxylation sites is 1. The van der Waals surface area contributed by atoms with Crippen molar-refractivity contribution >= 4 is 29.3 Å². The molecule has 2 N–H and O–H groups in total. The number of hydrogen-bond acceptors (Lipinski definition) is 5. The van der Waals surface area contributed by atoms with Crippen LogP contribution in [0.4, 0.5) is 0 Å². The summed E-state index contributed by atoms with van der Waals surface area (Å²) in [4.78, 5) is 23.2. The number of benzene rings is 2. The van der Waals surface area contributed by atoms with Gasteiger partial charge >= 0.3 is 11.9 Å². The zero-order chi connectivity index (χ0) is 20.6. The molecule has 0 unspecified atom stereocenters. The van der Waals surface area contributed by atoms with E-state index in [1.807, 2.05) is 6.07 Å². The second-order valence-corrected chi connectivity index (χ2v) is 7.20. The van der Waals surface area contributed by atoms with Gasteiger partial charge in [0.2, 0.25) is 0 Å². The van der Waals surface area contributed by atoms with Gasteiger partial charge in [0.05, 0.1) is 19.0 Å². The van der Waals surface area contributed by atoms with Gasteiger partial charge in [-0.05, 0) is 42.3 Å². The molecular formula is C22H24N2O4S. The summed E-state index contributed by atoms with van der Waals surface area (Å²) in [5.74, 6) is -0.451. The first-order valence-electron chi connectivity index (χ1n) is 9.57. The van der Waals surface area contributed by atoms with Crippen molar-refractivity contribution in [3.8, 4) is 5.75 Å². The number of rotatable bonds is 7. The van der Waals surface area contributed by atoms with Gasteiger partial charge in [0.25, 0.3) is 0 Å². The highest BCUT2D eigenvalue weighted by molar-refractivity contribution is 7.80. The number of carbonyl (C=O) groups is 2. The first-order chi connectivity index (χ1) is 14.0. The number of carbonyl (C=O) groups excluding carboxylic acids is 2. The fourth-order valence-electron chi connectivity index (χ4n) is 3.36. The molecule has 0 saturated carbocycles. The molecule has 0 spiro atoms. The predicted molar refractivity (Wildman–Crippen MR) is 114 cm³/mol. The highest BCUT2D eigenvalue weighted by Gasteiger charge is 2.22. The predicted octanol–water partition coefficient (Wildman–Crippen LogP) is 2.85. The fraction of sp³-hybridized carbons (Fsp3) is 0.318. The SMILES string of the molecule is CC(=O)Oc1ccccc1CC(=O)OCCNC(=S)N[C@H]1CCc2ccccc21. The number of ether oxygens (including phenoxy) is 2. The normalized spacial score (nSPS) is 14.6. The first-order valence-corrected chi connectivity index (χ1v) is 9.98. The summed E-state index contributed by atoms with van der Waals surface area (Å²) in [6, 6.07) is 15.5. The van der Waals surface area contributed by atoms with E-state index in [0.717, 1.165) is 12.8 Å². The molecule has 0 aliphatic heterocycles. The first kappa shape index (κ1) is 20.8. The van der Waals surface area contributed by atoms with Crippen LogP contribution in [0.2, 0.25) is 0 Å². The molecule has 1 aliphatic rings. The summed E-state index contributed by atoms with van der Waals surface area (Å²) >= 11 is 5.35. The van der Waals surface area contributed by atoms with Crippen LogP contribution in [0.25, 0.3) is 0 Å². The van der Waals surface area contributed by atoms with Crippen molar-refractivity contribution in [2.45, 2.75) is 32.2 Å². The largest absolute Gasteiger partial charge is 0.464 e. The van der Waals surface area contributed by atoms with Crippen molar-refractivity contribution in [1.82, 2.24) is 10.6 Å². The van der Waals surface area contributed by atoms with E-state index in [0.29, 0.717) is 23.0 Å². The Kier molecular flexibility index (Phi) is 7.19. The molecule has 1 atom stereocenters. The van der Waals surface area contributed by atoms with E-state index in [1.165, 1.54) is 18.1 Å². The Morgan fingerprint density at radius 3 is 2.72 bits per heavy atom. The third-order valence-electron chi connectivity index (χ3n) is 4.65. The summed E-state index contributed by atoms with van der Waals surface area (Å²) < 4.78 is 10.4. The van der Waals surface area contributed by atoms with Gasteiger partial charge in [0.1, 0.15) is 12.4 Å². The van der Waals surface area contributed by atoms with E-state index >= 15 is 0 Å². The quantitative estimate of drug-likeness (QED) is 0.313. The van der Waals surface area contributed by atoms with Gasteiger partial charge in [0, 0.05) is 12.5 Å². The highest BCUT2D eigenvalue weighted by atomic mass is 32.1. The molecule has 29 heavy (non-hydrogen) atoms. The number of esters is 2. The molecule has 7 heteroatoms. The Labute approximate surface area is 175 Å². The van der Waals surface area contributed by atoms with Crippen LogP contribution < -0.4 is 15.4 Å². The lowest BCUT2D eigenvalue weighted by Crippen LogP contribution is -2.38. The molecule has 6 nitrogen and oxygen atoms in total. The van der Waals surface area contributed by atoms with Crippen molar-refractivity contribution in [2.75, 3.05) is 13.2 Å². The number of fused-ring (bicyclic) bond motifs is 1. The number of hydrogen-bond donors (Lipinski definition) is 2. The van der Waals surface area contributed by atoms with Crippen LogP contribution in [0, 0.1) is 0 Å². The van der Waals surface area contributed by atoms with E-state index < -0.39 is 11.9 Å². The van der Waals surface area contributed by atoms with Crippen LogP contribution in [-0.4, -0.2) is 30.2 Å². The van der Waals surface area contributed by atoms with Gasteiger partial charge in [-0.2, -0.15) is 0 Å². The number of aryl methyl sites for hydroxylation is 1. The Morgan fingerprint density at radius 1 is 1.14 bits per heavy atom. The van der Waals surface area contributed by atoms with Crippen LogP contribution >= 0.6 is 12.2 Å². The third kappa shape index (κ3) is 6.02. The van der Waals surface area contributed by atoms with Crippen LogP contribution in [0.15, 0.2) is 48.5 Å². The average Bonchev–Trinajstić information content (AvgIpc) is 3.09. The smallest absolute Gasteiger partial charge is 0.310 e. The molecule has 152 valence electrons. The van der Waals surface area contributed by atoms with E-state index in [2.05, 4.69) is 28.8 Å². The lowest BCUT2D eigenvalue weighted by molar-refractivity contribution is -0.142. The molecule has 0 saturated heterocycles. The molecule has 0 radical (unpaired) electrons. The molecule has 2 aromatic rings. The van der Waals surface area contributed by atoms with Gasteiger partial charge < -0.3 is 20.1 Å². The Hall–Kier alpha value is -2.93. The lowest BCUT2D eigenvalue weighted by Gasteiger charge is -2.17. The summed E-state index contributed by atoms with van der Waals surface area (Å²) in [6.07, 6.45) is 2.09. The minimum atomic E-state index is -0.430. The van der Waals surface area contributed by atoms with E-state index in [1.54, 1.807) is 24.3 Å². The second kappa shape index (κ2) is 10.0. The maximum Gasteiger partial charge on any atom is 0.310 e. The average molecular weight is 413 g/mol. The minimum Gasteiger partial charge on any atom is -0.464 e. The van der Waals surface area contributed by atoms with Gasteiger partial charge in [-0.15, -0.1) is 0 Å². The highest BCUT2D eigenvalue weighted by Crippen LogP contribution is 2.30. The summed E-state index contributed by atoms with van der Waals surface area (Å²) in [6.45, 7) is 1.93. The van der Waals surface area contributed by atoms with Gasteiger partial charge in [-0.1, -0.05) is 42.5 Å². The van der Waals surface area contributed by atoms with Crippen molar-refractivity contribution in [1.29, 1.82) is 0 Å². The third-order valence-corrected chi connectivity index (χ3v) is 4.91. The maximum absolute atomic E-state index is 12.1. The summed E-state index contributed by atoms with van der Waals surface area (Å²) in [5.41, 5.74) is 3.25. The van der Waals surface area contributed by atoms with E-state index in [-0.39, 0.29) is 19.1 Å². The molecule has 2 aromatic carbocycles. The molecule has 0 aromatic heterocycles. The van der Waals surface area contributed by atoms with Crippen molar-refractivity contribution in [2.24, 2.45) is 0 Å². The van der Waals surface area contributed by atoms with Crippen molar-refractivity contribution in [3.63, 3.8) is 0 Å². The second-order valence-electron chi connectivity index (χ2n) is 6.79. The van der Waals surface area contributed by atoms with Gasteiger partial charge in [-0.25, -0.2) is 0 Å². The molecular weight excluding hydrogens is 388 g/mol. The fourth-order valence-corrected chi connectivity index (χ4v) is 3.60. The zero-order valence-corrected chi connectivity index (χ0v) is 17.1. The Balaban J connectivity index is 1.38.